The average molecular weight is 387 g/mol. The molecule has 0 aromatic heterocycles. The summed E-state index contributed by atoms with van der Waals surface area (Å²) in [6.45, 7) is 1.75. The standard InChI is InChI=1S/C19H15F6NO/c1-2-26(15-10-8-14(9-11-15)18(20,21)22)12-16(17(27)19(23,24)25)13-6-4-3-5-7-13/h3-12H,2H2,1H3/b16-12-. The van der Waals surface area contributed by atoms with E-state index in [1.807, 2.05) is 0 Å². The predicted molar refractivity (Wildman–Crippen MR) is 89.9 cm³/mol. The van der Waals surface area contributed by atoms with Crippen LogP contribution in [0.2, 0.25) is 0 Å². The summed E-state index contributed by atoms with van der Waals surface area (Å²) >= 11 is 0. The summed E-state index contributed by atoms with van der Waals surface area (Å²) in [6.07, 6.45) is -8.60. The van der Waals surface area contributed by atoms with Gasteiger partial charge in [-0.15, -0.1) is 0 Å². The number of alkyl halides is 6. The van der Waals surface area contributed by atoms with Crippen LogP contribution in [0.25, 0.3) is 5.57 Å². The average Bonchev–Trinajstić information content (AvgIpc) is 2.61. The van der Waals surface area contributed by atoms with Crippen LogP contribution in [0.1, 0.15) is 18.1 Å². The number of hydrogen-bond donors (Lipinski definition) is 0. The third kappa shape index (κ3) is 5.12. The lowest BCUT2D eigenvalue weighted by molar-refractivity contribution is -0.164. The molecule has 0 aliphatic carbocycles. The van der Waals surface area contributed by atoms with Crippen molar-refractivity contribution in [2.24, 2.45) is 0 Å². The van der Waals surface area contributed by atoms with Crippen LogP contribution >= 0.6 is 0 Å². The molecule has 2 aromatic rings. The molecule has 0 bridgehead atoms. The zero-order valence-electron chi connectivity index (χ0n) is 14.1. The highest BCUT2D eigenvalue weighted by Crippen LogP contribution is 2.32. The van der Waals surface area contributed by atoms with E-state index < -0.39 is 29.3 Å². The van der Waals surface area contributed by atoms with Crippen molar-refractivity contribution in [1.82, 2.24) is 0 Å². The van der Waals surface area contributed by atoms with Crippen molar-refractivity contribution in [3.63, 3.8) is 0 Å². The van der Waals surface area contributed by atoms with Gasteiger partial charge in [0.1, 0.15) is 0 Å². The van der Waals surface area contributed by atoms with Gasteiger partial charge in [0.05, 0.1) is 11.1 Å². The van der Waals surface area contributed by atoms with Crippen LogP contribution in [0.3, 0.4) is 0 Å². The van der Waals surface area contributed by atoms with E-state index in [4.69, 9.17) is 0 Å². The number of hydrogen-bond acceptors (Lipinski definition) is 2. The fraction of sp³-hybridized carbons (Fsp3) is 0.211. The first-order chi connectivity index (χ1) is 12.5. The number of ketones is 1. The third-order valence-electron chi connectivity index (χ3n) is 3.74. The summed E-state index contributed by atoms with van der Waals surface area (Å²) < 4.78 is 77.0. The molecule has 0 atom stereocenters. The van der Waals surface area contributed by atoms with E-state index in [0.29, 0.717) is 0 Å². The smallest absolute Gasteiger partial charge is 0.348 e. The fourth-order valence-electron chi connectivity index (χ4n) is 2.38. The highest BCUT2D eigenvalue weighted by molar-refractivity contribution is 6.23. The van der Waals surface area contributed by atoms with Gasteiger partial charge in [0.15, 0.2) is 0 Å². The predicted octanol–water partition coefficient (Wildman–Crippen LogP) is 5.70. The minimum atomic E-state index is -5.08. The molecule has 0 aliphatic heterocycles. The maximum atomic E-state index is 13.0. The number of allylic oxidation sites excluding steroid dienone is 1. The van der Waals surface area contributed by atoms with Gasteiger partial charge in [0.25, 0.3) is 5.78 Å². The van der Waals surface area contributed by atoms with E-state index in [9.17, 15) is 31.1 Å². The number of anilines is 1. The summed E-state index contributed by atoms with van der Waals surface area (Å²) in [4.78, 5) is 13.1. The molecular weight excluding hydrogens is 372 g/mol. The monoisotopic (exact) mass is 387 g/mol. The van der Waals surface area contributed by atoms with Crippen molar-refractivity contribution in [3.8, 4) is 0 Å². The number of carbonyl (C=O) groups excluding carboxylic acids is 1. The molecule has 0 saturated heterocycles. The number of nitrogens with zero attached hydrogens (tertiary/aromatic N) is 1. The topological polar surface area (TPSA) is 20.3 Å². The molecule has 0 unspecified atom stereocenters. The number of benzene rings is 2. The Bertz CT molecular complexity index is 807. The van der Waals surface area contributed by atoms with Gasteiger partial charge in [-0.3, -0.25) is 4.79 Å². The summed E-state index contributed by atoms with van der Waals surface area (Å²) in [5.41, 5.74) is -1.18. The third-order valence-corrected chi connectivity index (χ3v) is 3.74. The largest absolute Gasteiger partial charge is 0.454 e. The first-order valence-corrected chi connectivity index (χ1v) is 7.86. The van der Waals surface area contributed by atoms with Crippen molar-refractivity contribution in [3.05, 3.63) is 71.9 Å². The molecule has 0 N–H and O–H groups in total. The minimum absolute atomic E-state index is 0.0604. The second-order valence-corrected chi connectivity index (χ2v) is 5.57. The SMILES string of the molecule is CCN(/C=C(\C(=O)C(F)(F)F)c1ccccc1)c1ccc(C(F)(F)F)cc1. The molecule has 2 nitrogen and oxygen atoms in total. The lowest BCUT2D eigenvalue weighted by Gasteiger charge is -2.21. The van der Waals surface area contributed by atoms with Gasteiger partial charge in [0, 0.05) is 18.4 Å². The quantitative estimate of drug-likeness (QED) is 0.484. The first kappa shape index (κ1) is 20.5. The van der Waals surface area contributed by atoms with E-state index in [-0.39, 0.29) is 17.8 Å². The van der Waals surface area contributed by atoms with E-state index in [1.165, 1.54) is 29.2 Å². The Morgan fingerprint density at radius 3 is 1.93 bits per heavy atom. The van der Waals surface area contributed by atoms with E-state index >= 15 is 0 Å². The maximum absolute atomic E-state index is 13.0. The second kappa shape index (κ2) is 7.85. The van der Waals surface area contributed by atoms with Crippen LogP contribution in [0.4, 0.5) is 32.0 Å². The molecule has 0 heterocycles. The summed E-state index contributed by atoms with van der Waals surface area (Å²) in [5, 5.41) is 0. The zero-order valence-corrected chi connectivity index (χ0v) is 14.1. The number of halogens is 6. The van der Waals surface area contributed by atoms with Crippen molar-refractivity contribution >= 4 is 17.0 Å². The molecule has 0 amide bonds. The van der Waals surface area contributed by atoms with Gasteiger partial charge in [0.2, 0.25) is 0 Å². The van der Waals surface area contributed by atoms with Crippen LogP contribution < -0.4 is 4.90 Å². The van der Waals surface area contributed by atoms with Crippen LogP contribution in [-0.4, -0.2) is 18.5 Å². The van der Waals surface area contributed by atoms with E-state index in [2.05, 4.69) is 0 Å². The Labute approximate surface area is 151 Å². The van der Waals surface area contributed by atoms with Crippen LogP contribution in [0, 0.1) is 0 Å². The van der Waals surface area contributed by atoms with Gasteiger partial charge < -0.3 is 4.90 Å². The van der Waals surface area contributed by atoms with E-state index in [0.717, 1.165) is 30.5 Å². The molecular formula is C19H15F6NO. The molecule has 0 aliphatic rings. The molecule has 2 rings (SSSR count). The van der Waals surface area contributed by atoms with Gasteiger partial charge >= 0.3 is 12.4 Å². The highest BCUT2D eigenvalue weighted by atomic mass is 19.4. The molecule has 8 heteroatoms. The van der Waals surface area contributed by atoms with E-state index in [1.54, 1.807) is 13.0 Å². The molecule has 0 saturated carbocycles. The van der Waals surface area contributed by atoms with Gasteiger partial charge in [-0.05, 0) is 36.8 Å². The lowest BCUT2D eigenvalue weighted by atomic mass is 10.0. The first-order valence-electron chi connectivity index (χ1n) is 7.86. The van der Waals surface area contributed by atoms with Gasteiger partial charge in [-0.1, -0.05) is 30.3 Å². The van der Waals surface area contributed by atoms with Crippen LogP contribution in [0.5, 0.6) is 0 Å². The van der Waals surface area contributed by atoms with Crippen molar-refractivity contribution < 1.29 is 31.1 Å². The molecule has 0 spiro atoms. The molecule has 144 valence electrons. The van der Waals surface area contributed by atoms with Gasteiger partial charge in [-0.25, -0.2) is 0 Å². The zero-order chi connectivity index (χ0) is 20.2. The van der Waals surface area contributed by atoms with Crippen molar-refractivity contribution in [2.45, 2.75) is 19.3 Å². The maximum Gasteiger partial charge on any atom is 0.454 e. The number of rotatable bonds is 5. The second-order valence-electron chi connectivity index (χ2n) is 5.57. The number of Topliss-reactive ketones (excluding diaryl/α,β-unsaturated/α-hetero) is 1. The molecule has 0 radical (unpaired) electrons. The van der Waals surface area contributed by atoms with Crippen molar-refractivity contribution in [2.75, 3.05) is 11.4 Å². The number of carbonyl (C=O) groups is 1. The van der Waals surface area contributed by atoms with Crippen LogP contribution in [-0.2, 0) is 11.0 Å². The molecule has 27 heavy (non-hydrogen) atoms. The lowest BCUT2D eigenvalue weighted by Crippen LogP contribution is -2.26. The fourth-order valence-corrected chi connectivity index (χ4v) is 2.38. The Kier molecular flexibility index (Phi) is 5.98. The summed E-state index contributed by atoms with van der Waals surface area (Å²) in [6, 6.07) is 11.2. The highest BCUT2D eigenvalue weighted by Gasteiger charge is 2.41. The Balaban J connectivity index is 2.48. The normalized spacial score (nSPS) is 12.8. The molecule has 0 fully saturated rings. The Morgan fingerprint density at radius 1 is 0.926 bits per heavy atom. The Hall–Kier alpha value is -2.77. The summed E-state index contributed by atoms with van der Waals surface area (Å²) in [7, 11) is 0. The summed E-state index contributed by atoms with van der Waals surface area (Å²) in [5.74, 6) is -2.03. The minimum Gasteiger partial charge on any atom is -0.348 e. The van der Waals surface area contributed by atoms with Crippen LogP contribution in [0.15, 0.2) is 60.8 Å². The van der Waals surface area contributed by atoms with Crippen molar-refractivity contribution in [1.29, 1.82) is 0 Å². The molecule has 2 aromatic carbocycles. The van der Waals surface area contributed by atoms with Gasteiger partial charge in [-0.2, -0.15) is 26.3 Å². The Morgan fingerprint density at radius 2 is 1.48 bits per heavy atom.